The van der Waals surface area contributed by atoms with Crippen molar-refractivity contribution >= 4 is 28.6 Å². The minimum Gasteiger partial charge on any atom is -0.355 e. The summed E-state index contributed by atoms with van der Waals surface area (Å²) in [5, 5.41) is 4.21. The lowest BCUT2D eigenvalue weighted by molar-refractivity contribution is -0.121. The van der Waals surface area contributed by atoms with Gasteiger partial charge in [-0.15, -0.1) is 11.8 Å². The highest BCUT2D eigenvalue weighted by Gasteiger charge is 2.04. The van der Waals surface area contributed by atoms with Gasteiger partial charge in [0.2, 0.25) is 5.91 Å². The number of nitrogens with zero attached hydrogens (tertiary/aromatic N) is 1. The Morgan fingerprint density at radius 2 is 1.78 bits per heavy atom. The zero-order valence-electron chi connectivity index (χ0n) is 12.9. The Balaban J connectivity index is 1.40. The van der Waals surface area contributed by atoms with Gasteiger partial charge in [0.25, 0.3) is 0 Å². The summed E-state index contributed by atoms with van der Waals surface area (Å²) < 4.78 is 2.13. The van der Waals surface area contributed by atoms with Crippen LogP contribution in [0.25, 0.3) is 10.9 Å². The van der Waals surface area contributed by atoms with Gasteiger partial charge in [-0.1, -0.05) is 36.4 Å². The Bertz CT molecular complexity index is 767. The molecular formula is C19H20N2OS. The molecule has 1 aromatic heterocycles. The molecule has 0 spiro atoms. The summed E-state index contributed by atoms with van der Waals surface area (Å²) in [6, 6.07) is 20.6. The fourth-order valence-electron chi connectivity index (χ4n) is 2.52. The number of carbonyl (C=O) groups is 1. The molecule has 0 saturated heterocycles. The number of benzene rings is 2. The fraction of sp³-hybridized carbons (Fsp3) is 0.211. The first kappa shape index (κ1) is 15.7. The topological polar surface area (TPSA) is 34.0 Å². The van der Waals surface area contributed by atoms with Gasteiger partial charge in [-0.3, -0.25) is 4.79 Å². The number of amides is 1. The number of thioether (sulfide) groups is 1. The summed E-state index contributed by atoms with van der Waals surface area (Å²) in [5.74, 6) is 0.999. The minimum atomic E-state index is 0.108. The van der Waals surface area contributed by atoms with Crippen molar-refractivity contribution in [1.29, 1.82) is 0 Å². The zero-order valence-corrected chi connectivity index (χ0v) is 13.8. The minimum absolute atomic E-state index is 0.108. The maximum Gasteiger partial charge on any atom is 0.221 e. The van der Waals surface area contributed by atoms with E-state index in [1.807, 2.05) is 36.5 Å². The van der Waals surface area contributed by atoms with Crippen molar-refractivity contribution in [2.45, 2.75) is 17.9 Å². The number of carbonyl (C=O) groups excluding carboxylic acids is 1. The Kier molecular flexibility index (Phi) is 5.37. The number of para-hydroxylation sites is 1. The van der Waals surface area contributed by atoms with E-state index in [1.165, 1.54) is 15.8 Å². The molecule has 118 valence electrons. The molecule has 3 nitrogen and oxygen atoms in total. The third kappa shape index (κ3) is 4.39. The number of rotatable bonds is 7. The van der Waals surface area contributed by atoms with Crippen LogP contribution in [0.2, 0.25) is 0 Å². The number of hydrogen-bond acceptors (Lipinski definition) is 2. The molecule has 23 heavy (non-hydrogen) atoms. The third-order valence-electron chi connectivity index (χ3n) is 3.70. The van der Waals surface area contributed by atoms with Gasteiger partial charge in [-0.2, -0.15) is 0 Å². The van der Waals surface area contributed by atoms with E-state index in [0.717, 1.165) is 5.75 Å². The molecule has 3 rings (SSSR count). The van der Waals surface area contributed by atoms with Crippen LogP contribution in [0.5, 0.6) is 0 Å². The van der Waals surface area contributed by atoms with E-state index in [4.69, 9.17) is 0 Å². The number of hydrogen-bond donors (Lipinski definition) is 1. The van der Waals surface area contributed by atoms with Gasteiger partial charge in [0.1, 0.15) is 0 Å². The maximum atomic E-state index is 12.0. The summed E-state index contributed by atoms with van der Waals surface area (Å²) >= 11 is 1.76. The van der Waals surface area contributed by atoms with E-state index >= 15 is 0 Å². The van der Waals surface area contributed by atoms with E-state index < -0.39 is 0 Å². The number of aryl methyl sites for hydroxylation is 1. The monoisotopic (exact) mass is 324 g/mol. The normalized spacial score (nSPS) is 10.8. The largest absolute Gasteiger partial charge is 0.355 e. The SMILES string of the molecule is O=C(CCn1ccc2ccccc21)NCCSc1ccccc1. The Hall–Kier alpha value is -2.20. The van der Waals surface area contributed by atoms with Crippen molar-refractivity contribution in [2.75, 3.05) is 12.3 Å². The molecule has 1 N–H and O–H groups in total. The van der Waals surface area contributed by atoms with E-state index in [1.54, 1.807) is 11.8 Å². The van der Waals surface area contributed by atoms with Gasteiger partial charge < -0.3 is 9.88 Å². The second kappa shape index (κ2) is 7.88. The van der Waals surface area contributed by atoms with E-state index in [0.29, 0.717) is 19.5 Å². The smallest absolute Gasteiger partial charge is 0.221 e. The highest BCUT2D eigenvalue weighted by molar-refractivity contribution is 7.99. The summed E-state index contributed by atoms with van der Waals surface area (Å²) in [7, 11) is 0. The van der Waals surface area contributed by atoms with Crippen LogP contribution in [0, 0.1) is 0 Å². The van der Waals surface area contributed by atoms with Gasteiger partial charge in [0, 0.05) is 41.9 Å². The van der Waals surface area contributed by atoms with Crippen LogP contribution < -0.4 is 5.32 Å². The van der Waals surface area contributed by atoms with Crippen LogP contribution in [0.15, 0.2) is 71.8 Å². The standard InChI is InChI=1S/C19H20N2OS/c22-19(20-12-15-23-17-7-2-1-3-8-17)11-14-21-13-10-16-6-4-5-9-18(16)21/h1-10,13H,11-12,14-15H2,(H,20,22). The van der Waals surface area contributed by atoms with Crippen molar-refractivity contribution in [2.24, 2.45) is 0 Å². The molecule has 1 heterocycles. The second-order valence-electron chi connectivity index (χ2n) is 5.33. The summed E-state index contributed by atoms with van der Waals surface area (Å²) in [5.41, 5.74) is 1.18. The number of fused-ring (bicyclic) bond motifs is 1. The molecule has 0 bridgehead atoms. The van der Waals surface area contributed by atoms with Crippen LogP contribution in [0.3, 0.4) is 0 Å². The van der Waals surface area contributed by atoms with Crippen LogP contribution in [0.4, 0.5) is 0 Å². The van der Waals surface area contributed by atoms with E-state index in [2.05, 4.69) is 40.2 Å². The van der Waals surface area contributed by atoms with Gasteiger partial charge in [0.15, 0.2) is 0 Å². The van der Waals surface area contributed by atoms with Gasteiger partial charge >= 0.3 is 0 Å². The average molecular weight is 324 g/mol. The Labute approximate surface area is 140 Å². The summed E-state index contributed by atoms with van der Waals surface area (Å²) in [4.78, 5) is 13.2. The highest BCUT2D eigenvalue weighted by Crippen LogP contribution is 2.16. The molecule has 0 fully saturated rings. The molecule has 2 aromatic carbocycles. The molecule has 0 unspecified atom stereocenters. The lowest BCUT2D eigenvalue weighted by Gasteiger charge is -2.07. The molecule has 0 aliphatic rings. The molecule has 0 aliphatic carbocycles. The van der Waals surface area contributed by atoms with Crippen LogP contribution in [0.1, 0.15) is 6.42 Å². The predicted octanol–water partition coefficient (Wildman–Crippen LogP) is 3.94. The lowest BCUT2D eigenvalue weighted by atomic mass is 10.2. The Morgan fingerprint density at radius 3 is 2.65 bits per heavy atom. The highest BCUT2D eigenvalue weighted by atomic mass is 32.2. The first-order valence-corrected chi connectivity index (χ1v) is 8.80. The molecule has 0 radical (unpaired) electrons. The summed E-state index contributed by atoms with van der Waals surface area (Å²) in [6.45, 7) is 1.41. The van der Waals surface area contributed by atoms with Crippen molar-refractivity contribution in [1.82, 2.24) is 9.88 Å². The quantitative estimate of drug-likeness (QED) is 0.527. The Morgan fingerprint density at radius 1 is 1.00 bits per heavy atom. The molecule has 0 saturated carbocycles. The van der Waals surface area contributed by atoms with Crippen LogP contribution in [-0.4, -0.2) is 22.8 Å². The predicted molar refractivity (Wildman–Crippen MR) is 96.7 cm³/mol. The first-order valence-electron chi connectivity index (χ1n) is 7.81. The zero-order chi connectivity index (χ0) is 15.9. The second-order valence-corrected chi connectivity index (χ2v) is 6.50. The number of aromatic nitrogens is 1. The fourth-order valence-corrected chi connectivity index (χ4v) is 3.31. The van der Waals surface area contributed by atoms with Crippen LogP contribution in [-0.2, 0) is 11.3 Å². The molecule has 1 amide bonds. The molecule has 0 aliphatic heterocycles. The third-order valence-corrected chi connectivity index (χ3v) is 4.71. The van der Waals surface area contributed by atoms with Crippen molar-refractivity contribution in [3.8, 4) is 0 Å². The van der Waals surface area contributed by atoms with Crippen molar-refractivity contribution in [3.05, 3.63) is 66.9 Å². The van der Waals surface area contributed by atoms with Gasteiger partial charge in [0.05, 0.1) is 0 Å². The van der Waals surface area contributed by atoms with E-state index in [-0.39, 0.29) is 5.91 Å². The lowest BCUT2D eigenvalue weighted by Crippen LogP contribution is -2.26. The van der Waals surface area contributed by atoms with Crippen LogP contribution >= 0.6 is 11.8 Å². The molecule has 3 aromatic rings. The maximum absolute atomic E-state index is 12.0. The summed E-state index contributed by atoms with van der Waals surface area (Å²) in [6.07, 6.45) is 2.55. The van der Waals surface area contributed by atoms with Gasteiger partial charge in [-0.05, 0) is 29.7 Å². The van der Waals surface area contributed by atoms with E-state index in [9.17, 15) is 4.79 Å². The number of nitrogens with one attached hydrogen (secondary N) is 1. The molecule has 0 atom stereocenters. The van der Waals surface area contributed by atoms with Crippen molar-refractivity contribution in [3.63, 3.8) is 0 Å². The van der Waals surface area contributed by atoms with Crippen molar-refractivity contribution < 1.29 is 4.79 Å². The average Bonchev–Trinajstić information content (AvgIpc) is 3.01. The molecular weight excluding hydrogens is 304 g/mol. The van der Waals surface area contributed by atoms with Gasteiger partial charge in [-0.25, -0.2) is 0 Å². The first-order chi connectivity index (χ1) is 11.3. The molecule has 4 heteroatoms.